The number of aliphatic hydroxyl groups excluding tert-OH is 1. The monoisotopic (exact) mass is 456 g/mol. The van der Waals surface area contributed by atoms with E-state index in [4.69, 9.17) is 0 Å². The van der Waals surface area contributed by atoms with Crippen LogP contribution in [0.15, 0.2) is 67.1 Å². The van der Waals surface area contributed by atoms with Crippen molar-refractivity contribution in [3.05, 3.63) is 89.8 Å². The number of benzene rings is 2. The van der Waals surface area contributed by atoms with Gasteiger partial charge < -0.3 is 10.4 Å². The number of halogens is 1. The predicted octanol–water partition coefficient (Wildman–Crippen LogP) is 3.18. The first-order valence-corrected chi connectivity index (χ1v) is 10.8. The molecule has 0 unspecified atom stereocenters. The van der Waals surface area contributed by atoms with Gasteiger partial charge in [0, 0.05) is 30.1 Å². The molecule has 1 atom stereocenters. The number of aliphatic hydroxyl groups is 1. The Hall–Kier alpha value is -4.24. The second-order valence-corrected chi connectivity index (χ2v) is 8.07. The molecule has 2 aromatic carbocycles. The molecule has 34 heavy (non-hydrogen) atoms. The average Bonchev–Trinajstić information content (AvgIpc) is 3.24. The standard InChI is InChI=1S/C25H21FN6O2/c1-15(33)12-28-24(34)20-6-5-18(11-21(20)26)23-14-30-25-29-13-19(32(25)31-23)10-16-4-7-22-17(9-16)3-2-8-27-22/h2-9,11,13-15,33H,10,12H2,1H3,(H,28,34)/t15-/m1/s1. The van der Waals surface area contributed by atoms with Crippen LogP contribution in [0.4, 0.5) is 4.39 Å². The summed E-state index contributed by atoms with van der Waals surface area (Å²) in [6, 6.07) is 14.3. The van der Waals surface area contributed by atoms with Gasteiger partial charge in [-0.25, -0.2) is 18.9 Å². The van der Waals surface area contributed by atoms with Crippen molar-refractivity contribution in [3.63, 3.8) is 0 Å². The molecule has 0 saturated heterocycles. The fourth-order valence-corrected chi connectivity index (χ4v) is 3.71. The molecule has 8 nitrogen and oxygen atoms in total. The van der Waals surface area contributed by atoms with Crippen molar-refractivity contribution in [2.75, 3.05) is 6.54 Å². The van der Waals surface area contributed by atoms with Gasteiger partial charge in [0.05, 0.1) is 35.3 Å². The van der Waals surface area contributed by atoms with Crippen LogP contribution in [0.3, 0.4) is 0 Å². The first kappa shape index (κ1) is 21.6. The van der Waals surface area contributed by atoms with E-state index in [-0.39, 0.29) is 12.1 Å². The van der Waals surface area contributed by atoms with Gasteiger partial charge in [0.15, 0.2) is 0 Å². The minimum Gasteiger partial charge on any atom is -0.392 e. The smallest absolute Gasteiger partial charge is 0.254 e. The van der Waals surface area contributed by atoms with Crippen LogP contribution in [0.25, 0.3) is 27.9 Å². The maximum absolute atomic E-state index is 14.7. The SMILES string of the molecule is C[C@@H](O)CNC(=O)c1ccc(-c2cnc3ncc(Cc4ccc5ncccc5c4)n3n2)cc1F. The van der Waals surface area contributed by atoms with Crippen LogP contribution in [0.5, 0.6) is 0 Å². The van der Waals surface area contributed by atoms with Crippen LogP contribution in [0.1, 0.15) is 28.5 Å². The van der Waals surface area contributed by atoms with Crippen LogP contribution >= 0.6 is 0 Å². The van der Waals surface area contributed by atoms with Crippen molar-refractivity contribution >= 4 is 22.6 Å². The maximum Gasteiger partial charge on any atom is 0.254 e. The number of hydrogen-bond donors (Lipinski definition) is 2. The lowest BCUT2D eigenvalue weighted by Gasteiger charge is -2.09. The summed E-state index contributed by atoms with van der Waals surface area (Å²) in [5.41, 5.74) is 3.67. The summed E-state index contributed by atoms with van der Waals surface area (Å²) in [4.78, 5) is 25.2. The van der Waals surface area contributed by atoms with Crippen molar-refractivity contribution in [1.82, 2.24) is 29.9 Å². The molecule has 5 rings (SSSR count). The second-order valence-electron chi connectivity index (χ2n) is 8.07. The molecule has 9 heteroatoms. The van der Waals surface area contributed by atoms with Crippen molar-refractivity contribution < 1.29 is 14.3 Å². The van der Waals surface area contributed by atoms with Gasteiger partial charge in [-0.3, -0.25) is 9.78 Å². The summed E-state index contributed by atoms with van der Waals surface area (Å²) in [5.74, 6) is -0.831. The molecule has 1 amide bonds. The Morgan fingerprint density at radius 2 is 1.97 bits per heavy atom. The van der Waals surface area contributed by atoms with E-state index < -0.39 is 17.8 Å². The molecule has 170 valence electrons. The van der Waals surface area contributed by atoms with E-state index in [1.54, 1.807) is 23.0 Å². The number of nitrogens with one attached hydrogen (secondary N) is 1. The van der Waals surface area contributed by atoms with Crippen LogP contribution in [-0.4, -0.2) is 48.2 Å². The van der Waals surface area contributed by atoms with E-state index in [0.29, 0.717) is 23.5 Å². The van der Waals surface area contributed by atoms with Gasteiger partial charge in [-0.2, -0.15) is 5.10 Å². The second kappa shape index (κ2) is 8.95. The number of imidazole rings is 1. The van der Waals surface area contributed by atoms with Crippen molar-refractivity contribution in [3.8, 4) is 11.3 Å². The number of carbonyl (C=O) groups excluding carboxylic acids is 1. The highest BCUT2D eigenvalue weighted by molar-refractivity contribution is 5.95. The third-order valence-electron chi connectivity index (χ3n) is 5.42. The van der Waals surface area contributed by atoms with Gasteiger partial charge in [-0.15, -0.1) is 0 Å². The van der Waals surface area contributed by atoms with E-state index in [1.165, 1.54) is 25.3 Å². The number of amides is 1. The van der Waals surface area contributed by atoms with Crippen LogP contribution in [0.2, 0.25) is 0 Å². The summed E-state index contributed by atoms with van der Waals surface area (Å²) in [6.07, 6.45) is 4.88. The number of fused-ring (bicyclic) bond motifs is 2. The molecule has 0 spiro atoms. The van der Waals surface area contributed by atoms with E-state index in [9.17, 15) is 14.3 Å². The molecule has 0 radical (unpaired) electrons. The normalized spacial score (nSPS) is 12.2. The summed E-state index contributed by atoms with van der Waals surface area (Å²) in [7, 11) is 0. The van der Waals surface area contributed by atoms with E-state index in [1.807, 2.05) is 24.3 Å². The molecule has 3 heterocycles. The van der Waals surface area contributed by atoms with Gasteiger partial charge >= 0.3 is 0 Å². The first-order valence-electron chi connectivity index (χ1n) is 10.8. The number of nitrogens with zero attached hydrogens (tertiary/aromatic N) is 5. The maximum atomic E-state index is 14.7. The molecule has 0 aliphatic heterocycles. The summed E-state index contributed by atoms with van der Waals surface area (Å²) >= 11 is 0. The van der Waals surface area contributed by atoms with Crippen molar-refractivity contribution in [1.29, 1.82) is 0 Å². The van der Waals surface area contributed by atoms with Gasteiger partial charge in [0.2, 0.25) is 0 Å². The number of hydrogen-bond acceptors (Lipinski definition) is 6. The summed E-state index contributed by atoms with van der Waals surface area (Å²) < 4.78 is 16.3. The molecular weight excluding hydrogens is 435 g/mol. The summed E-state index contributed by atoms with van der Waals surface area (Å²) in [6.45, 7) is 1.58. The number of rotatable bonds is 6. The molecular formula is C25H21FN6O2. The quantitative estimate of drug-likeness (QED) is 0.407. The Labute approximate surface area is 194 Å². The number of carbonyl (C=O) groups is 1. The Morgan fingerprint density at radius 1 is 1.12 bits per heavy atom. The summed E-state index contributed by atoms with van der Waals surface area (Å²) in [5, 5.41) is 17.5. The largest absolute Gasteiger partial charge is 0.392 e. The van der Waals surface area contributed by atoms with Crippen molar-refractivity contribution in [2.24, 2.45) is 0 Å². The Balaban J connectivity index is 1.43. The van der Waals surface area contributed by atoms with E-state index >= 15 is 0 Å². The lowest BCUT2D eigenvalue weighted by Crippen LogP contribution is -2.31. The van der Waals surface area contributed by atoms with Crippen LogP contribution < -0.4 is 5.32 Å². The minimum absolute atomic E-state index is 0.0410. The third kappa shape index (κ3) is 4.33. The van der Waals surface area contributed by atoms with Crippen LogP contribution in [-0.2, 0) is 6.42 Å². The predicted molar refractivity (Wildman–Crippen MR) is 125 cm³/mol. The van der Waals surface area contributed by atoms with Gasteiger partial charge in [0.25, 0.3) is 11.7 Å². The molecule has 3 aromatic heterocycles. The number of aromatic nitrogens is 5. The Kier molecular flexibility index (Phi) is 5.69. The molecule has 0 fully saturated rings. The zero-order chi connectivity index (χ0) is 23.7. The topological polar surface area (TPSA) is 105 Å². The Bertz CT molecular complexity index is 1510. The zero-order valence-corrected chi connectivity index (χ0v) is 18.3. The lowest BCUT2D eigenvalue weighted by molar-refractivity contribution is 0.0920. The van der Waals surface area contributed by atoms with E-state index in [0.717, 1.165) is 22.2 Å². The molecule has 5 aromatic rings. The van der Waals surface area contributed by atoms with Crippen LogP contribution in [0, 0.1) is 5.82 Å². The van der Waals surface area contributed by atoms with Gasteiger partial charge in [-0.1, -0.05) is 18.2 Å². The molecule has 0 bridgehead atoms. The average molecular weight is 456 g/mol. The fraction of sp³-hybridized carbons (Fsp3) is 0.160. The molecule has 0 saturated carbocycles. The highest BCUT2D eigenvalue weighted by Gasteiger charge is 2.15. The third-order valence-corrected chi connectivity index (χ3v) is 5.42. The minimum atomic E-state index is -0.719. The lowest BCUT2D eigenvalue weighted by atomic mass is 10.1. The first-order chi connectivity index (χ1) is 16.5. The molecule has 0 aliphatic carbocycles. The highest BCUT2D eigenvalue weighted by atomic mass is 19.1. The van der Waals surface area contributed by atoms with Gasteiger partial charge in [0.1, 0.15) is 11.5 Å². The molecule has 0 aliphatic rings. The fourth-order valence-electron chi connectivity index (χ4n) is 3.71. The van der Waals surface area contributed by atoms with E-state index in [2.05, 4.69) is 31.4 Å². The zero-order valence-electron chi connectivity index (χ0n) is 18.3. The molecule has 2 N–H and O–H groups in total. The number of pyridine rings is 1. The van der Waals surface area contributed by atoms with Gasteiger partial charge in [-0.05, 0) is 42.8 Å². The van der Waals surface area contributed by atoms with Crippen molar-refractivity contribution in [2.45, 2.75) is 19.4 Å². The Morgan fingerprint density at radius 3 is 2.79 bits per heavy atom. The highest BCUT2D eigenvalue weighted by Crippen LogP contribution is 2.21.